The van der Waals surface area contributed by atoms with E-state index >= 15 is 0 Å². The average molecular weight is 364 g/mol. The molecular weight excluding hydrogens is 340 g/mol. The molecule has 27 heavy (non-hydrogen) atoms. The number of carbonyl (C=O) groups excluding carboxylic acids is 1. The van der Waals surface area contributed by atoms with Gasteiger partial charge in [-0.2, -0.15) is 5.10 Å². The molecule has 2 aromatic heterocycles. The molecule has 0 unspecified atom stereocenters. The number of amides is 1. The maximum Gasteiger partial charge on any atom is 0.227 e. The van der Waals surface area contributed by atoms with Gasteiger partial charge in [-0.3, -0.25) is 14.5 Å². The first-order valence-corrected chi connectivity index (χ1v) is 8.94. The van der Waals surface area contributed by atoms with Crippen LogP contribution in [0.2, 0.25) is 0 Å². The molecule has 0 radical (unpaired) electrons. The van der Waals surface area contributed by atoms with Gasteiger partial charge in [-0.1, -0.05) is 31.2 Å². The molecular formula is C21H24N4O2. The van der Waals surface area contributed by atoms with Crippen LogP contribution in [0.3, 0.4) is 0 Å². The van der Waals surface area contributed by atoms with Crippen LogP contribution in [-0.2, 0) is 24.4 Å². The Bertz CT molecular complexity index is 850. The number of methoxy groups -OCH3 is 1. The van der Waals surface area contributed by atoms with E-state index in [9.17, 15) is 4.79 Å². The first-order valence-electron chi connectivity index (χ1n) is 8.94. The number of rotatable bonds is 8. The number of ether oxygens (including phenoxy) is 1. The fourth-order valence-corrected chi connectivity index (χ4v) is 3.04. The minimum atomic E-state index is -0.198. The van der Waals surface area contributed by atoms with Crippen LogP contribution < -0.4 is 4.74 Å². The van der Waals surface area contributed by atoms with Crippen LogP contribution in [0.5, 0.6) is 5.75 Å². The molecule has 3 rings (SSSR count). The highest BCUT2D eigenvalue weighted by atomic mass is 16.5. The molecule has 140 valence electrons. The number of hydrogen-bond donors (Lipinski definition) is 0. The van der Waals surface area contributed by atoms with Crippen molar-refractivity contribution in [2.24, 2.45) is 5.92 Å². The third-order valence-electron chi connectivity index (χ3n) is 4.40. The predicted molar refractivity (Wildman–Crippen MR) is 103 cm³/mol. The molecule has 0 aliphatic heterocycles. The van der Waals surface area contributed by atoms with Crippen molar-refractivity contribution in [2.75, 3.05) is 7.11 Å². The highest BCUT2D eigenvalue weighted by Crippen LogP contribution is 2.21. The van der Waals surface area contributed by atoms with Gasteiger partial charge in [-0.25, -0.2) is 0 Å². The maximum absolute atomic E-state index is 13.2. The van der Waals surface area contributed by atoms with Gasteiger partial charge in [0.2, 0.25) is 5.91 Å². The molecule has 0 fully saturated rings. The molecule has 6 nitrogen and oxygen atoms in total. The van der Waals surface area contributed by atoms with Crippen LogP contribution in [-0.4, -0.2) is 32.7 Å². The molecule has 0 spiro atoms. The lowest BCUT2D eigenvalue weighted by molar-refractivity contribution is -0.136. The van der Waals surface area contributed by atoms with E-state index in [1.165, 1.54) is 0 Å². The molecule has 0 aliphatic carbocycles. The van der Waals surface area contributed by atoms with Crippen LogP contribution in [0.15, 0.2) is 67.3 Å². The second kappa shape index (κ2) is 8.98. The second-order valence-electron chi connectivity index (χ2n) is 6.50. The number of aromatic nitrogens is 3. The fraction of sp³-hybridized carbons (Fsp3) is 0.286. The van der Waals surface area contributed by atoms with Gasteiger partial charge in [0.25, 0.3) is 0 Å². The number of hydrogen-bond acceptors (Lipinski definition) is 4. The average Bonchev–Trinajstić information content (AvgIpc) is 3.21. The summed E-state index contributed by atoms with van der Waals surface area (Å²) in [4.78, 5) is 19.2. The molecule has 0 saturated carbocycles. The zero-order chi connectivity index (χ0) is 19.1. The normalized spacial score (nSPS) is 11.8. The van der Waals surface area contributed by atoms with Crippen molar-refractivity contribution in [3.63, 3.8) is 0 Å². The van der Waals surface area contributed by atoms with E-state index in [2.05, 4.69) is 10.1 Å². The molecule has 6 heteroatoms. The molecule has 1 atom stereocenters. The first-order chi connectivity index (χ1) is 13.2. The molecule has 1 aromatic carbocycles. The summed E-state index contributed by atoms with van der Waals surface area (Å²) in [6.07, 6.45) is 7.12. The largest absolute Gasteiger partial charge is 0.496 e. The van der Waals surface area contributed by atoms with Crippen LogP contribution in [0.4, 0.5) is 0 Å². The van der Waals surface area contributed by atoms with Gasteiger partial charge in [0.1, 0.15) is 5.75 Å². The predicted octanol–water partition coefficient (Wildman–Crippen LogP) is 3.15. The van der Waals surface area contributed by atoms with Gasteiger partial charge in [0.15, 0.2) is 0 Å². The Balaban J connectivity index is 1.81. The zero-order valence-corrected chi connectivity index (χ0v) is 15.7. The Morgan fingerprint density at radius 3 is 2.70 bits per heavy atom. The van der Waals surface area contributed by atoms with Gasteiger partial charge in [0.05, 0.1) is 19.6 Å². The van der Waals surface area contributed by atoms with Crippen molar-refractivity contribution in [3.05, 3.63) is 78.4 Å². The van der Waals surface area contributed by atoms with Crippen molar-refractivity contribution in [1.82, 2.24) is 19.7 Å². The van der Waals surface area contributed by atoms with Gasteiger partial charge < -0.3 is 9.64 Å². The third-order valence-corrected chi connectivity index (χ3v) is 4.40. The number of benzene rings is 1. The Kier molecular flexibility index (Phi) is 6.20. The van der Waals surface area contributed by atoms with Gasteiger partial charge in [0, 0.05) is 43.4 Å². The third kappa shape index (κ3) is 4.94. The maximum atomic E-state index is 13.2. The summed E-state index contributed by atoms with van der Waals surface area (Å²) in [6, 6.07) is 13.5. The lowest BCUT2D eigenvalue weighted by Gasteiger charge is -2.27. The van der Waals surface area contributed by atoms with E-state index in [0.29, 0.717) is 19.6 Å². The Labute approximate surface area is 159 Å². The lowest BCUT2D eigenvalue weighted by Crippen LogP contribution is -2.36. The number of carbonyl (C=O) groups is 1. The SMILES string of the molecule is COc1ccccc1CN(Cc1cccnc1)C(=O)[C@@H](C)Cn1cccn1. The van der Waals surface area contributed by atoms with Crippen LogP contribution >= 0.6 is 0 Å². The number of para-hydroxylation sites is 1. The van der Waals surface area contributed by atoms with E-state index in [4.69, 9.17) is 4.74 Å². The summed E-state index contributed by atoms with van der Waals surface area (Å²) < 4.78 is 7.24. The number of nitrogens with zero attached hydrogens (tertiary/aromatic N) is 4. The van der Waals surface area contributed by atoms with Crippen molar-refractivity contribution in [3.8, 4) is 5.75 Å². The van der Waals surface area contributed by atoms with Gasteiger partial charge in [-0.15, -0.1) is 0 Å². The van der Waals surface area contributed by atoms with Crippen molar-refractivity contribution < 1.29 is 9.53 Å². The summed E-state index contributed by atoms with van der Waals surface area (Å²) in [5.41, 5.74) is 1.97. The van der Waals surface area contributed by atoms with Crippen LogP contribution in [0, 0.1) is 5.92 Å². The Morgan fingerprint density at radius 1 is 1.15 bits per heavy atom. The summed E-state index contributed by atoms with van der Waals surface area (Å²) in [6.45, 7) is 3.44. The molecule has 0 bridgehead atoms. The number of pyridine rings is 1. The van der Waals surface area contributed by atoms with Crippen molar-refractivity contribution >= 4 is 5.91 Å². The fourth-order valence-electron chi connectivity index (χ4n) is 3.04. The minimum Gasteiger partial charge on any atom is -0.496 e. The highest BCUT2D eigenvalue weighted by molar-refractivity contribution is 5.78. The quantitative estimate of drug-likeness (QED) is 0.616. The van der Waals surface area contributed by atoms with E-state index in [-0.39, 0.29) is 11.8 Å². The summed E-state index contributed by atoms with van der Waals surface area (Å²) in [5, 5.41) is 4.21. The standard InChI is InChI=1S/C21H24N4O2/c1-17(14-25-12-6-11-23-25)21(26)24(15-18-7-5-10-22-13-18)16-19-8-3-4-9-20(19)27-2/h3-13,17H,14-16H2,1-2H3/t17-/m0/s1. The van der Waals surface area contributed by atoms with Crippen molar-refractivity contribution in [1.29, 1.82) is 0 Å². The van der Waals surface area contributed by atoms with Crippen LogP contribution in [0.1, 0.15) is 18.1 Å². The Hall–Kier alpha value is -3.15. The first kappa shape index (κ1) is 18.6. The monoisotopic (exact) mass is 364 g/mol. The van der Waals surface area contributed by atoms with E-state index in [1.54, 1.807) is 30.4 Å². The van der Waals surface area contributed by atoms with Gasteiger partial charge in [-0.05, 0) is 23.8 Å². The van der Waals surface area contributed by atoms with E-state index in [1.807, 2.05) is 60.5 Å². The van der Waals surface area contributed by atoms with E-state index in [0.717, 1.165) is 16.9 Å². The molecule has 3 aromatic rings. The summed E-state index contributed by atoms with van der Waals surface area (Å²) in [5.74, 6) is 0.651. The minimum absolute atomic E-state index is 0.0697. The summed E-state index contributed by atoms with van der Waals surface area (Å²) in [7, 11) is 1.65. The van der Waals surface area contributed by atoms with Crippen molar-refractivity contribution in [2.45, 2.75) is 26.6 Å². The summed E-state index contributed by atoms with van der Waals surface area (Å²) >= 11 is 0. The molecule has 0 N–H and O–H groups in total. The Morgan fingerprint density at radius 2 is 2.00 bits per heavy atom. The molecule has 2 heterocycles. The zero-order valence-electron chi connectivity index (χ0n) is 15.7. The molecule has 1 amide bonds. The van der Waals surface area contributed by atoms with E-state index < -0.39 is 0 Å². The van der Waals surface area contributed by atoms with Gasteiger partial charge >= 0.3 is 0 Å². The lowest BCUT2D eigenvalue weighted by atomic mass is 10.1. The molecule has 0 aliphatic rings. The molecule has 0 saturated heterocycles. The second-order valence-corrected chi connectivity index (χ2v) is 6.50. The highest BCUT2D eigenvalue weighted by Gasteiger charge is 2.22. The topological polar surface area (TPSA) is 60.2 Å². The van der Waals surface area contributed by atoms with Crippen LogP contribution in [0.25, 0.3) is 0 Å². The smallest absolute Gasteiger partial charge is 0.227 e.